The topological polar surface area (TPSA) is 66.8 Å². The van der Waals surface area contributed by atoms with Gasteiger partial charge in [-0.1, -0.05) is 43.3 Å². The molecule has 1 aromatic rings. The molecule has 5 heteroatoms. The van der Waals surface area contributed by atoms with E-state index in [9.17, 15) is 15.0 Å². The van der Waals surface area contributed by atoms with Crippen molar-refractivity contribution in [3.05, 3.63) is 29.8 Å². The first-order valence-electron chi connectivity index (χ1n) is 8.60. The first kappa shape index (κ1) is 19.4. The van der Waals surface area contributed by atoms with Crippen LogP contribution in [-0.2, 0) is 9.53 Å². The monoisotopic (exact) mass is 352 g/mol. The Hall–Kier alpha value is -0.880. The van der Waals surface area contributed by atoms with Crippen molar-refractivity contribution in [1.82, 2.24) is 0 Å². The Morgan fingerprint density at radius 2 is 2.04 bits per heavy atom. The number of ether oxygens (including phenoxy) is 1. The molecule has 134 valence electrons. The van der Waals surface area contributed by atoms with Crippen molar-refractivity contribution in [3.8, 4) is 0 Å². The molecule has 0 radical (unpaired) electrons. The molecular weight excluding hydrogens is 324 g/mol. The summed E-state index contributed by atoms with van der Waals surface area (Å²) in [6.45, 7) is 6.06. The SMILES string of the molecule is Cc1ccc(SC(=O)C[C@H]2C[C@@H](O)[C@H](C)[C@@H](C[C@@H](C)CO)O2)cc1. The van der Waals surface area contributed by atoms with E-state index >= 15 is 0 Å². The predicted octanol–water partition coefficient (Wildman–Crippen LogP) is 3.18. The van der Waals surface area contributed by atoms with E-state index < -0.39 is 6.10 Å². The second kappa shape index (κ2) is 8.99. The van der Waals surface area contributed by atoms with Crippen molar-refractivity contribution in [2.75, 3.05) is 6.61 Å². The Kier molecular flexibility index (Phi) is 7.29. The number of rotatable bonds is 6. The van der Waals surface area contributed by atoms with Crippen LogP contribution in [0.15, 0.2) is 29.2 Å². The Bertz CT molecular complexity index is 531. The fourth-order valence-electron chi connectivity index (χ4n) is 3.00. The molecule has 1 heterocycles. The maximum absolute atomic E-state index is 12.3. The summed E-state index contributed by atoms with van der Waals surface area (Å²) in [5.41, 5.74) is 1.17. The largest absolute Gasteiger partial charge is 0.396 e. The summed E-state index contributed by atoms with van der Waals surface area (Å²) >= 11 is 1.23. The molecule has 0 saturated carbocycles. The van der Waals surface area contributed by atoms with Gasteiger partial charge < -0.3 is 14.9 Å². The van der Waals surface area contributed by atoms with E-state index in [1.807, 2.05) is 45.0 Å². The first-order valence-corrected chi connectivity index (χ1v) is 9.42. The molecule has 0 aromatic heterocycles. The Morgan fingerprint density at radius 1 is 1.38 bits per heavy atom. The minimum atomic E-state index is -0.461. The lowest BCUT2D eigenvalue weighted by atomic mass is 9.85. The molecule has 5 atom stereocenters. The van der Waals surface area contributed by atoms with Crippen LogP contribution in [0, 0.1) is 18.8 Å². The standard InChI is InChI=1S/C19H28O4S/c1-12-4-6-16(7-5-12)24-19(22)10-15-9-17(21)14(3)18(23-15)8-13(2)11-20/h4-7,13-15,17-18,20-21H,8-11H2,1-3H3/t13-,14+,15-,17-,18-/m1/s1. The minimum absolute atomic E-state index is 0.0232. The highest BCUT2D eigenvalue weighted by molar-refractivity contribution is 8.13. The molecule has 24 heavy (non-hydrogen) atoms. The van der Waals surface area contributed by atoms with Gasteiger partial charge in [0.05, 0.1) is 18.3 Å². The molecule has 1 aromatic carbocycles. The van der Waals surface area contributed by atoms with E-state index in [0.717, 1.165) is 4.90 Å². The number of aryl methyl sites for hydroxylation is 1. The van der Waals surface area contributed by atoms with Crippen LogP contribution >= 0.6 is 11.8 Å². The summed E-state index contributed by atoms with van der Waals surface area (Å²) in [7, 11) is 0. The molecular formula is C19H28O4S. The number of hydrogen-bond acceptors (Lipinski definition) is 5. The lowest BCUT2D eigenvalue weighted by molar-refractivity contribution is -0.144. The van der Waals surface area contributed by atoms with Gasteiger partial charge in [-0.2, -0.15) is 0 Å². The Morgan fingerprint density at radius 3 is 2.67 bits per heavy atom. The molecule has 0 aliphatic carbocycles. The first-order chi connectivity index (χ1) is 11.4. The van der Waals surface area contributed by atoms with E-state index in [-0.39, 0.29) is 35.8 Å². The fourth-order valence-corrected chi connectivity index (χ4v) is 3.80. The number of benzene rings is 1. The normalized spacial score (nSPS) is 28.5. The average Bonchev–Trinajstić information content (AvgIpc) is 2.54. The molecule has 0 spiro atoms. The summed E-state index contributed by atoms with van der Waals surface area (Å²) in [6, 6.07) is 7.87. The van der Waals surface area contributed by atoms with E-state index in [4.69, 9.17) is 4.74 Å². The summed E-state index contributed by atoms with van der Waals surface area (Å²) < 4.78 is 6.06. The molecule has 2 rings (SSSR count). The average molecular weight is 352 g/mol. The summed E-state index contributed by atoms with van der Waals surface area (Å²) in [5.74, 6) is 0.149. The highest BCUT2D eigenvalue weighted by Crippen LogP contribution is 2.32. The predicted molar refractivity (Wildman–Crippen MR) is 96.0 cm³/mol. The summed E-state index contributed by atoms with van der Waals surface area (Å²) in [5, 5.41) is 19.6. The van der Waals surface area contributed by atoms with Crippen LogP contribution in [0.3, 0.4) is 0 Å². The number of carbonyl (C=O) groups is 1. The van der Waals surface area contributed by atoms with E-state index in [1.165, 1.54) is 17.3 Å². The highest BCUT2D eigenvalue weighted by Gasteiger charge is 2.36. The quantitative estimate of drug-likeness (QED) is 0.770. The van der Waals surface area contributed by atoms with Crippen molar-refractivity contribution in [2.24, 2.45) is 11.8 Å². The molecule has 1 fully saturated rings. The Labute approximate surface area is 148 Å². The summed E-state index contributed by atoms with van der Waals surface area (Å²) in [6.07, 6.45) is 0.662. The van der Waals surface area contributed by atoms with E-state index in [1.54, 1.807) is 0 Å². The van der Waals surface area contributed by atoms with Crippen LogP contribution in [0.4, 0.5) is 0 Å². The molecule has 2 N–H and O–H groups in total. The maximum Gasteiger partial charge on any atom is 0.196 e. The second-order valence-corrected chi connectivity index (χ2v) is 8.10. The van der Waals surface area contributed by atoms with Crippen LogP contribution in [0.2, 0.25) is 0 Å². The van der Waals surface area contributed by atoms with Gasteiger partial charge in [-0.25, -0.2) is 0 Å². The Balaban J connectivity index is 1.90. The van der Waals surface area contributed by atoms with E-state index in [2.05, 4.69) is 0 Å². The second-order valence-electron chi connectivity index (χ2n) is 6.97. The molecule has 1 aliphatic rings. The third kappa shape index (κ3) is 5.59. The van der Waals surface area contributed by atoms with Gasteiger partial charge in [0.1, 0.15) is 0 Å². The zero-order chi connectivity index (χ0) is 17.7. The molecule has 0 amide bonds. The molecule has 4 nitrogen and oxygen atoms in total. The van der Waals surface area contributed by atoms with Crippen molar-refractivity contribution in [3.63, 3.8) is 0 Å². The van der Waals surface area contributed by atoms with Gasteiger partial charge in [0.2, 0.25) is 0 Å². The number of aliphatic hydroxyl groups excluding tert-OH is 2. The number of carbonyl (C=O) groups excluding carboxylic acids is 1. The van der Waals surface area contributed by atoms with Crippen LogP contribution in [0.5, 0.6) is 0 Å². The van der Waals surface area contributed by atoms with Gasteiger partial charge in [-0.05, 0) is 31.4 Å². The third-order valence-corrected chi connectivity index (χ3v) is 5.56. The van der Waals surface area contributed by atoms with Crippen LogP contribution in [0.25, 0.3) is 0 Å². The number of hydrogen-bond donors (Lipinski definition) is 2. The number of aliphatic hydroxyl groups is 2. The van der Waals surface area contributed by atoms with Crippen LogP contribution in [-0.4, -0.2) is 40.2 Å². The van der Waals surface area contributed by atoms with Crippen molar-refractivity contribution >= 4 is 16.9 Å². The minimum Gasteiger partial charge on any atom is -0.396 e. The third-order valence-electron chi connectivity index (χ3n) is 4.66. The van der Waals surface area contributed by atoms with Crippen molar-refractivity contribution in [1.29, 1.82) is 0 Å². The smallest absolute Gasteiger partial charge is 0.196 e. The zero-order valence-corrected chi connectivity index (χ0v) is 15.5. The number of thioether (sulfide) groups is 1. The summed E-state index contributed by atoms with van der Waals surface area (Å²) in [4.78, 5) is 13.2. The van der Waals surface area contributed by atoms with Crippen molar-refractivity contribution < 1.29 is 19.7 Å². The fraction of sp³-hybridized carbons (Fsp3) is 0.632. The zero-order valence-electron chi connectivity index (χ0n) is 14.6. The lowest BCUT2D eigenvalue weighted by Crippen LogP contribution is -2.44. The molecule has 0 bridgehead atoms. The van der Waals surface area contributed by atoms with Gasteiger partial charge in [0.15, 0.2) is 5.12 Å². The van der Waals surface area contributed by atoms with E-state index in [0.29, 0.717) is 19.3 Å². The lowest BCUT2D eigenvalue weighted by Gasteiger charge is -2.39. The van der Waals surface area contributed by atoms with Crippen LogP contribution in [0.1, 0.15) is 38.7 Å². The molecule has 0 unspecified atom stereocenters. The maximum atomic E-state index is 12.3. The van der Waals surface area contributed by atoms with Crippen molar-refractivity contribution in [2.45, 2.75) is 63.2 Å². The van der Waals surface area contributed by atoms with Crippen LogP contribution < -0.4 is 0 Å². The highest BCUT2D eigenvalue weighted by atomic mass is 32.2. The van der Waals surface area contributed by atoms with Gasteiger partial charge in [0.25, 0.3) is 0 Å². The van der Waals surface area contributed by atoms with Gasteiger partial charge in [-0.15, -0.1) is 0 Å². The van der Waals surface area contributed by atoms with Gasteiger partial charge in [0, 0.05) is 30.3 Å². The molecule has 1 aliphatic heterocycles. The molecule has 1 saturated heterocycles. The van der Waals surface area contributed by atoms with Gasteiger partial charge in [-0.3, -0.25) is 4.79 Å². The van der Waals surface area contributed by atoms with Gasteiger partial charge >= 0.3 is 0 Å².